The van der Waals surface area contributed by atoms with Crippen LogP contribution in [-0.4, -0.2) is 29.0 Å². The average molecular weight is 265 g/mol. The molecule has 1 aromatic rings. The Bertz CT molecular complexity index is 392. The van der Waals surface area contributed by atoms with Crippen LogP contribution in [0, 0.1) is 5.92 Å². The molecule has 0 aromatic carbocycles. The number of hydrogen-bond acceptors (Lipinski definition) is 2. The molecule has 0 amide bonds. The Balaban J connectivity index is 1.56. The van der Waals surface area contributed by atoms with Gasteiger partial charge in [-0.1, -0.05) is 12.8 Å². The van der Waals surface area contributed by atoms with Gasteiger partial charge >= 0.3 is 0 Å². The Labute approximate surface area is 114 Å². The molecule has 1 atom stereocenters. The van der Waals surface area contributed by atoms with Crippen molar-refractivity contribution in [2.45, 2.75) is 57.2 Å². The smallest absolute Gasteiger partial charge is 0.109 e. The molecule has 3 rings (SSSR count). The third-order valence-corrected chi connectivity index (χ3v) is 4.66. The van der Waals surface area contributed by atoms with E-state index in [1.54, 1.807) is 0 Å². The minimum atomic E-state index is -0.728. The SMILES string of the molecule is FC(Cc1ccn(C2CCCC2)n1)C1CCNCC1. The number of nitrogens with one attached hydrogen (secondary N) is 1. The summed E-state index contributed by atoms with van der Waals surface area (Å²) in [6.45, 7) is 1.92. The van der Waals surface area contributed by atoms with Crippen molar-refractivity contribution >= 4 is 0 Å². The molecule has 0 radical (unpaired) electrons. The Hall–Kier alpha value is -0.900. The van der Waals surface area contributed by atoms with Crippen LogP contribution in [0.5, 0.6) is 0 Å². The van der Waals surface area contributed by atoms with Crippen molar-refractivity contribution in [1.82, 2.24) is 15.1 Å². The Kier molecular flexibility index (Phi) is 4.16. The second-order valence-corrected chi connectivity index (χ2v) is 6.03. The lowest BCUT2D eigenvalue weighted by Gasteiger charge is -2.25. The fourth-order valence-electron chi connectivity index (χ4n) is 3.43. The molecule has 2 fully saturated rings. The van der Waals surface area contributed by atoms with Gasteiger partial charge in [0.05, 0.1) is 11.7 Å². The zero-order valence-corrected chi connectivity index (χ0v) is 11.5. The molecule has 0 spiro atoms. The quantitative estimate of drug-likeness (QED) is 0.907. The fourth-order valence-corrected chi connectivity index (χ4v) is 3.43. The number of halogens is 1. The van der Waals surface area contributed by atoms with E-state index < -0.39 is 6.17 Å². The summed E-state index contributed by atoms with van der Waals surface area (Å²) in [7, 11) is 0. The Morgan fingerprint density at radius 1 is 1.26 bits per heavy atom. The van der Waals surface area contributed by atoms with Crippen molar-refractivity contribution in [3.8, 4) is 0 Å². The van der Waals surface area contributed by atoms with Gasteiger partial charge in [0.15, 0.2) is 0 Å². The first-order valence-corrected chi connectivity index (χ1v) is 7.72. The average Bonchev–Trinajstić information content (AvgIpc) is 3.10. The maximum atomic E-state index is 14.3. The highest BCUT2D eigenvalue weighted by Crippen LogP contribution is 2.29. The number of rotatable bonds is 4. The molecule has 1 unspecified atom stereocenters. The molecule has 19 heavy (non-hydrogen) atoms. The molecule has 1 saturated heterocycles. The molecular weight excluding hydrogens is 241 g/mol. The highest BCUT2D eigenvalue weighted by atomic mass is 19.1. The molecule has 106 valence electrons. The van der Waals surface area contributed by atoms with Crippen molar-refractivity contribution in [2.24, 2.45) is 5.92 Å². The minimum absolute atomic E-state index is 0.220. The van der Waals surface area contributed by atoms with E-state index in [1.807, 2.05) is 12.3 Å². The van der Waals surface area contributed by atoms with Gasteiger partial charge in [0.1, 0.15) is 6.17 Å². The summed E-state index contributed by atoms with van der Waals surface area (Å²) in [5, 5.41) is 7.88. The van der Waals surface area contributed by atoms with E-state index in [4.69, 9.17) is 0 Å². The largest absolute Gasteiger partial charge is 0.317 e. The van der Waals surface area contributed by atoms with Crippen LogP contribution < -0.4 is 5.32 Å². The van der Waals surface area contributed by atoms with Crippen LogP contribution in [0.15, 0.2) is 12.3 Å². The summed E-state index contributed by atoms with van der Waals surface area (Å²) in [6.07, 6.45) is 8.80. The number of alkyl halides is 1. The second kappa shape index (κ2) is 6.04. The molecule has 1 aliphatic heterocycles. The second-order valence-electron chi connectivity index (χ2n) is 6.03. The van der Waals surface area contributed by atoms with E-state index in [-0.39, 0.29) is 5.92 Å². The lowest BCUT2D eigenvalue weighted by molar-refractivity contribution is 0.185. The monoisotopic (exact) mass is 265 g/mol. The lowest BCUT2D eigenvalue weighted by Crippen LogP contribution is -2.33. The van der Waals surface area contributed by atoms with Gasteiger partial charge in [0, 0.05) is 12.6 Å². The highest BCUT2D eigenvalue weighted by Gasteiger charge is 2.24. The topological polar surface area (TPSA) is 29.9 Å². The molecule has 0 bridgehead atoms. The van der Waals surface area contributed by atoms with Gasteiger partial charge in [0.25, 0.3) is 0 Å². The van der Waals surface area contributed by atoms with Crippen LogP contribution in [0.25, 0.3) is 0 Å². The van der Waals surface area contributed by atoms with E-state index in [1.165, 1.54) is 25.7 Å². The van der Waals surface area contributed by atoms with E-state index in [9.17, 15) is 4.39 Å². The zero-order valence-electron chi connectivity index (χ0n) is 11.5. The number of nitrogens with zero attached hydrogens (tertiary/aromatic N) is 2. The first kappa shape index (κ1) is 13.1. The van der Waals surface area contributed by atoms with Crippen molar-refractivity contribution in [2.75, 3.05) is 13.1 Å². The third kappa shape index (κ3) is 3.16. The maximum absolute atomic E-state index is 14.3. The molecular formula is C15H24FN3. The fraction of sp³-hybridized carbons (Fsp3) is 0.800. The van der Waals surface area contributed by atoms with Crippen LogP contribution in [0.2, 0.25) is 0 Å². The van der Waals surface area contributed by atoms with Gasteiger partial charge < -0.3 is 5.32 Å². The van der Waals surface area contributed by atoms with Crippen molar-refractivity contribution in [1.29, 1.82) is 0 Å². The molecule has 1 N–H and O–H groups in total. The highest BCUT2D eigenvalue weighted by molar-refractivity contribution is 5.02. The summed E-state index contributed by atoms with van der Waals surface area (Å²) < 4.78 is 16.4. The summed E-state index contributed by atoms with van der Waals surface area (Å²) in [5.41, 5.74) is 0.929. The van der Waals surface area contributed by atoms with Gasteiger partial charge in [-0.25, -0.2) is 4.39 Å². The molecule has 1 saturated carbocycles. The van der Waals surface area contributed by atoms with E-state index in [2.05, 4.69) is 15.1 Å². The van der Waals surface area contributed by atoms with Crippen molar-refractivity contribution < 1.29 is 4.39 Å². The number of hydrogen-bond donors (Lipinski definition) is 1. The van der Waals surface area contributed by atoms with Gasteiger partial charge in [-0.3, -0.25) is 4.68 Å². The Morgan fingerprint density at radius 3 is 2.74 bits per heavy atom. The molecule has 2 aliphatic rings. The van der Waals surface area contributed by atoms with Crippen molar-refractivity contribution in [3.05, 3.63) is 18.0 Å². The van der Waals surface area contributed by atoms with Gasteiger partial charge in [-0.2, -0.15) is 5.10 Å². The normalized spacial score (nSPS) is 23.8. The van der Waals surface area contributed by atoms with E-state index >= 15 is 0 Å². The molecule has 4 heteroatoms. The predicted molar refractivity (Wildman–Crippen MR) is 73.9 cm³/mol. The van der Waals surface area contributed by atoms with E-state index in [0.29, 0.717) is 12.5 Å². The van der Waals surface area contributed by atoms with Crippen LogP contribution >= 0.6 is 0 Å². The molecule has 2 heterocycles. The first-order chi connectivity index (χ1) is 9.33. The summed E-state index contributed by atoms with van der Waals surface area (Å²) in [6, 6.07) is 2.57. The molecule has 1 aromatic heterocycles. The number of piperidine rings is 1. The van der Waals surface area contributed by atoms with Crippen LogP contribution in [0.3, 0.4) is 0 Å². The third-order valence-electron chi connectivity index (χ3n) is 4.66. The van der Waals surface area contributed by atoms with Crippen LogP contribution in [0.1, 0.15) is 50.3 Å². The summed E-state index contributed by atoms with van der Waals surface area (Å²) in [4.78, 5) is 0. The van der Waals surface area contributed by atoms with Crippen molar-refractivity contribution in [3.63, 3.8) is 0 Å². The summed E-state index contributed by atoms with van der Waals surface area (Å²) in [5.74, 6) is 0.220. The zero-order chi connectivity index (χ0) is 13.1. The van der Waals surface area contributed by atoms with Crippen LogP contribution in [0.4, 0.5) is 4.39 Å². The minimum Gasteiger partial charge on any atom is -0.317 e. The maximum Gasteiger partial charge on any atom is 0.109 e. The standard InChI is InChI=1S/C15H24FN3/c16-15(12-5-8-17-9-6-12)11-13-7-10-19(18-13)14-3-1-2-4-14/h7,10,12,14-15,17H,1-6,8-9,11H2. The molecule has 3 nitrogen and oxygen atoms in total. The molecule has 1 aliphatic carbocycles. The summed E-state index contributed by atoms with van der Waals surface area (Å²) >= 11 is 0. The van der Waals surface area contributed by atoms with E-state index in [0.717, 1.165) is 31.6 Å². The number of aromatic nitrogens is 2. The van der Waals surface area contributed by atoms with Crippen LogP contribution in [-0.2, 0) is 6.42 Å². The Morgan fingerprint density at radius 2 is 2.00 bits per heavy atom. The van der Waals surface area contributed by atoms with Gasteiger partial charge in [0.2, 0.25) is 0 Å². The lowest BCUT2D eigenvalue weighted by atomic mass is 9.91. The van der Waals surface area contributed by atoms with Gasteiger partial charge in [-0.05, 0) is 50.8 Å². The van der Waals surface area contributed by atoms with Gasteiger partial charge in [-0.15, -0.1) is 0 Å². The first-order valence-electron chi connectivity index (χ1n) is 7.72. The predicted octanol–water partition coefficient (Wildman–Crippen LogP) is 2.88.